The van der Waals surface area contributed by atoms with Crippen LogP contribution in [0.1, 0.15) is 35.7 Å². The molecule has 1 aromatic rings. The molecule has 2 N–H and O–H groups in total. The lowest BCUT2D eigenvalue weighted by Gasteiger charge is -2.05. The predicted molar refractivity (Wildman–Crippen MR) is 60.1 cm³/mol. The van der Waals surface area contributed by atoms with Crippen LogP contribution in [0.15, 0.2) is 18.2 Å². The molecular weight excluding hydrogens is 190 g/mol. The summed E-state index contributed by atoms with van der Waals surface area (Å²) < 4.78 is 0. The Labute approximate surface area is 90.1 Å². The summed E-state index contributed by atoms with van der Waals surface area (Å²) in [6.07, 6.45) is 2.05. The van der Waals surface area contributed by atoms with Crippen molar-refractivity contribution in [1.82, 2.24) is 5.32 Å². The molecule has 0 aliphatic heterocycles. The highest BCUT2D eigenvalue weighted by atomic mass is 16.3. The molecule has 0 saturated carbocycles. The fraction of sp³-hybridized carbons (Fsp3) is 0.417. The Balaban J connectivity index is 2.62. The van der Waals surface area contributed by atoms with Crippen molar-refractivity contribution in [2.24, 2.45) is 0 Å². The number of carbonyl (C=O) groups is 1. The van der Waals surface area contributed by atoms with Gasteiger partial charge in [-0.3, -0.25) is 4.79 Å². The van der Waals surface area contributed by atoms with Crippen LogP contribution in [0.25, 0.3) is 0 Å². The van der Waals surface area contributed by atoms with Gasteiger partial charge in [-0.1, -0.05) is 13.3 Å². The maximum atomic E-state index is 11.6. The fourth-order valence-electron chi connectivity index (χ4n) is 1.28. The third-order valence-corrected chi connectivity index (χ3v) is 2.27. The van der Waals surface area contributed by atoms with E-state index >= 15 is 0 Å². The zero-order valence-corrected chi connectivity index (χ0v) is 9.21. The average molecular weight is 207 g/mol. The molecule has 0 bridgehead atoms. The number of rotatable bonds is 4. The van der Waals surface area contributed by atoms with Crippen LogP contribution in [0.5, 0.6) is 5.75 Å². The highest BCUT2D eigenvalue weighted by Crippen LogP contribution is 2.16. The number of nitrogens with one attached hydrogen (secondary N) is 1. The zero-order valence-electron chi connectivity index (χ0n) is 9.21. The first-order valence-corrected chi connectivity index (χ1v) is 5.23. The molecule has 3 nitrogen and oxygen atoms in total. The van der Waals surface area contributed by atoms with Gasteiger partial charge in [0.1, 0.15) is 5.75 Å². The molecule has 0 saturated heterocycles. The van der Waals surface area contributed by atoms with E-state index in [1.165, 1.54) is 0 Å². The van der Waals surface area contributed by atoms with Gasteiger partial charge in [-0.15, -0.1) is 0 Å². The molecule has 0 heterocycles. The van der Waals surface area contributed by atoms with Crippen molar-refractivity contribution in [2.45, 2.75) is 26.7 Å². The number of unbranched alkanes of at least 4 members (excludes halogenated alkanes) is 1. The van der Waals surface area contributed by atoms with Gasteiger partial charge in [0.2, 0.25) is 0 Å². The largest absolute Gasteiger partial charge is 0.508 e. The minimum absolute atomic E-state index is 0.0773. The Morgan fingerprint density at radius 3 is 2.80 bits per heavy atom. The van der Waals surface area contributed by atoms with E-state index in [2.05, 4.69) is 12.2 Å². The number of hydrogen-bond acceptors (Lipinski definition) is 2. The molecule has 1 aromatic carbocycles. The van der Waals surface area contributed by atoms with E-state index in [1.807, 2.05) is 0 Å². The second-order valence-electron chi connectivity index (χ2n) is 3.61. The highest BCUT2D eigenvalue weighted by Gasteiger charge is 2.05. The van der Waals surface area contributed by atoms with E-state index in [9.17, 15) is 9.90 Å². The molecule has 0 atom stereocenters. The standard InChI is InChI=1S/C12H17NO2/c1-3-4-7-13-12(15)10-5-6-11(14)9(2)8-10/h5-6,8,14H,3-4,7H2,1-2H3,(H,13,15). The van der Waals surface area contributed by atoms with Gasteiger partial charge in [-0.2, -0.15) is 0 Å². The number of amides is 1. The van der Waals surface area contributed by atoms with E-state index in [-0.39, 0.29) is 11.7 Å². The Bertz CT molecular complexity index is 347. The highest BCUT2D eigenvalue weighted by molar-refractivity contribution is 5.94. The van der Waals surface area contributed by atoms with Crippen LogP contribution >= 0.6 is 0 Å². The summed E-state index contributed by atoms with van der Waals surface area (Å²) in [7, 11) is 0. The molecule has 0 aliphatic rings. The topological polar surface area (TPSA) is 49.3 Å². The lowest BCUT2D eigenvalue weighted by Crippen LogP contribution is -2.24. The zero-order chi connectivity index (χ0) is 11.3. The molecule has 0 radical (unpaired) electrons. The predicted octanol–water partition coefficient (Wildman–Crippen LogP) is 2.23. The van der Waals surface area contributed by atoms with Crippen LogP contribution in [-0.2, 0) is 0 Å². The fourth-order valence-corrected chi connectivity index (χ4v) is 1.28. The van der Waals surface area contributed by atoms with Crippen molar-refractivity contribution in [3.63, 3.8) is 0 Å². The Kier molecular flexibility index (Phi) is 4.16. The van der Waals surface area contributed by atoms with Gasteiger partial charge < -0.3 is 10.4 Å². The summed E-state index contributed by atoms with van der Waals surface area (Å²) in [5, 5.41) is 12.1. The molecular formula is C12H17NO2. The van der Waals surface area contributed by atoms with E-state index in [0.29, 0.717) is 12.1 Å². The molecule has 0 fully saturated rings. The molecule has 0 aliphatic carbocycles. The van der Waals surface area contributed by atoms with Gasteiger partial charge in [0.05, 0.1) is 0 Å². The van der Waals surface area contributed by atoms with Gasteiger partial charge in [-0.25, -0.2) is 0 Å². The third kappa shape index (κ3) is 3.27. The Hall–Kier alpha value is -1.51. The number of phenolic OH excluding ortho intramolecular Hbond substituents is 1. The van der Waals surface area contributed by atoms with Crippen LogP contribution < -0.4 is 5.32 Å². The van der Waals surface area contributed by atoms with Gasteiger partial charge in [0.25, 0.3) is 5.91 Å². The number of phenols is 1. The second-order valence-corrected chi connectivity index (χ2v) is 3.61. The van der Waals surface area contributed by atoms with Gasteiger partial charge >= 0.3 is 0 Å². The SMILES string of the molecule is CCCCNC(=O)c1ccc(O)c(C)c1. The monoisotopic (exact) mass is 207 g/mol. The molecule has 0 unspecified atom stereocenters. The molecule has 0 aromatic heterocycles. The lowest BCUT2D eigenvalue weighted by molar-refractivity contribution is 0.0953. The van der Waals surface area contributed by atoms with Crippen LogP contribution in [0, 0.1) is 6.92 Å². The molecule has 82 valence electrons. The maximum absolute atomic E-state index is 11.6. The molecule has 1 rings (SSSR count). The number of benzene rings is 1. The number of aromatic hydroxyl groups is 1. The van der Waals surface area contributed by atoms with Crippen LogP contribution in [-0.4, -0.2) is 17.6 Å². The lowest BCUT2D eigenvalue weighted by atomic mass is 10.1. The molecule has 15 heavy (non-hydrogen) atoms. The van der Waals surface area contributed by atoms with Gasteiger partial charge in [0.15, 0.2) is 0 Å². The number of carbonyl (C=O) groups excluding carboxylic acids is 1. The second kappa shape index (κ2) is 5.39. The van der Waals surface area contributed by atoms with Crippen LogP contribution in [0.4, 0.5) is 0 Å². The van der Waals surface area contributed by atoms with Crippen molar-refractivity contribution >= 4 is 5.91 Å². The normalized spacial score (nSPS) is 10.0. The van der Waals surface area contributed by atoms with Crippen molar-refractivity contribution in [1.29, 1.82) is 0 Å². The smallest absolute Gasteiger partial charge is 0.251 e. The van der Waals surface area contributed by atoms with E-state index < -0.39 is 0 Å². The summed E-state index contributed by atoms with van der Waals surface area (Å²) in [4.78, 5) is 11.6. The number of aryl methyl sites for hydroxylation is 1. The summed E-state index contributed by atoms with van der Waals surface area (Å²) >= 11 is 0. The van der Waals surface area contributed by atoms with E-state index in [0.717, 1.165) is 18.4 Å². The Morgan fingerprint density at radius 1 is 1.47 bits per heavy atom. The van der Waals surface area contributed by atoms with Gasteiger partial charge in [-0.05, 0) is 37.1 Å². The van der Waals surface area contributed by atoms with E-state index in [1.54, 1.807) is 25.1 Å². The average Bonchev–Trinajstić information content (AvgIpc) is 2.22. The summed E-state index contributed by atoms with van der Waals surface area (Å²) in [5.41, 5.74) is 1.32. The molecule has 3 heteroatoms. The van der Waals surface area contributed by atoms with Gasteiger partial charge in [0, 0.05) is 12.1 Å². The minimum atomic E-state index is -0.0773. The van der Waals surface area contributed by atoms with Crippen molar-refractivity contribution in [2.75, 3.05) is 6.54 Å². The van der Waals surface area contributed by atoms with Crippen molar-refractivity contribution < 1.29 is 9.90 Å². The maximum Gasteiger partial charge on any atom is 0.251 e. The quantitative estimate of drug-likeness (QED) is 0.744. The van der Waals surface area contributed by atoms with E-state index in [4.69, 9.17) is 0 Å². The Morgan fingerprint density at radius 2 is 2.20 bits per heavy atom. The third-order valence-electron chi connectivity index (χ3n) is 2.27. The first-order chi connectivity index (χ1) is 7.15. The first kappa shape index (κ1) is 11.6. The number of hydrogen-bond donors (Lipinski definition) is 2. The molecule has 1 amide bonds. The minimum Gasteiger partial charge on any atom is -0.508 e. The summed E-state index contributed by atoms with van der Waals surface area (Å²) in [6.45, 7) is 4.56. The van der Waals surface area contributed by atoms with Crippen LogP contribution in [0.2, 0.25) is 0 Å². The van der Waals surface area contributed by atoms with Crippen LogP contribution in [0.3, 0.4) is 0 Å². The summed E-state index contributed by atoms with van der Waals surface area (Å²) in [6, 6.07) is 4.87. The summed E-state index contributed by atoms with van der Waals surface area (Å²) in [5.74, 6) is 0.145. The first-order valence-electron chi connectivity index (χ1n) is 5.23. The molecule has 0 spiro atoms. The van der Waals surface area contributed by atoms with Crippen molar-refractivity contribution in [3.8, 4) is 5.75 Å². The van der Waals surface area contributed by atoms with Crippen molar-refractivity contribution in [3.05, 3.63) is 29.3 Å².